The number of H-pyrrole nitrogens is 1. The van der Waals surface area contributed by atoms with E-state index in [1.54, 1.807) is 6.20 Å². The lowest BCUT2D eigenvalue weighted by atomic mass is 10.0. The van der Waals surface area contributed by atoms with E-state index in [1.165, 1.54) is 56.2 Å². The van der Waals surface area contributed by atoms with E-state index in [0.717, 1.165) is 29.8 Å². The Labute approximate surface area is 215 Å². The Morgan fingerprint density at radius 1 is 0.944 bits per heavy atom. The molecule has 9 heteroatoms. The van der Waals surface area contributed by atoms with Crippen LogP contribution in [0.1, 0.15) is 36.8 Å². The molecule has 1 fully saturated rings. The number of halogens is 1. The number of hydrogen-bond donors (Lipinski definition) is 3. The fraction of sp³-hybridized carbons (Fsp3) is 0.333. The molecule has 0 spiro atoms. The molecule has 8 nitrogen and oxygen atoms in total. The summed E-state index contributed by atoms with van der Waals surface area (Å²) in [7, 11) is 0. The third kappa shape index (κ3) is 4.92. The minimum atomic E-state index is 0.433. The number of rotatable bonds is 6. The van der Waals surface area contributed by atoms with Crippen molar-refractivity contribution in [1.29, 1.82) is 0 Å². The monoisotopic (exact) mass is 500 g/mol. The zero-order chi connectivity index (χ0) is 24.3. The van der Waals surface area contributed by atoms with Crippen LogP contribution in [0.2, 0.25) is 5.02 Å². The molecular weight excluding hydrogens is 472 g/mol. The highest BCUT2D eigenvalue weighted by atomic mass is 35.5. The zero-order valence-corrected chi connectivity index (χ0v) is 20.8. The van der Waals surface area contributed by atoms with Crippen molar-refractivity contribution in [2.24, 2.45) is 0 Å². The Bertz CT molecular complexity index is 1330. The third-order valence-corrected chi connectivity index (χ3v) is 7.48. The number of benzene rings is 2. The van der Waals surface area contributed by atoms with Gasteiger partial charge in [-0.05, 0) is 87.0 Å². The first-order chi connectivity index (χ1) is 17.7. The van der Waals surface area contributed by atoms with Crippen LogP contribution in [0.3, 0.4) is 0 Å². The van der Waals surface area contributed by atoms with Gasteiger partial charge in [-0.1, -0.05) is 29.8 Å². The molecule has 2 aromatic carbocycles. The van der Waals surface area contributed by atoms with Crippen molar-refractivity contribution in [3.8, 4) is 11.4 Å². The Hall–Kier alpha value is -3.49. The van der Waals surface area contributed by atoms with Gasteiger partial charge in [0.25, 0.3) is 0 Å². The minimum Gasteiger partial charge on any atom is -0.338 e. The Balaban J connectivity index is 1.19. The highest BCUT2D eigenvalue weighted by Gasteiger charge is 2.24. The second kappa shape index (κ2) is 10.2. The second-order valence-corrected chi connectivity index (χ2v) is 9.88. The van der Waals surface area contributed by atoms with Gasteiger partial charge < -0.3 is 15.5 Å². The molecule has 1 saturated heterocycles. The predicted molar refractivity (Wildman–Crippen MR) is 143 cm³/mol. The topological polar surface area (TPSA) is 94.7 Å². The summed E-state index contributed by atoms with van der Waals surface area (Å²) in [6.07, 6.45) is 10.5. The summed E-state index contributed by atoms with van der Waals surface area (Å²) in [5.41, 5.74) is 5.57. The number of hydrogen-bond acceptors (Lipinski definition) is 7. The quantitative estimate of drug-likeness (QED) is 0.290. The fourth-order valence-electron chi connectivity index (χ4n) is 5.35. The van der Waals surface area contributed by atoms with Gasteiger partial charge >= 0.3 is 0 Å². The summed E-state index contributed by atoms with van der Waals surface area (Å²) >= 11 is 6.45. The summed E-state index contributed by atoms with van der Waals surface area (Å²) in [6, 6.07) is 15.2. The average molecular weight is 501 g/mol. The summed E-state index contributed by atoms with van der Waals surface area (Å²) in [6.45, 7) is 2.53. The van der Waals surface area contributed by atoms with E-state index in [0.29, 0.717) is 28.7 Å². The number of aryl methyl sites for hydroxylation is 2. The predicted octanol–water partition coefficient (Wildman–Crippen LogP) is 5.75. The number of aromatic nitrogens is 5. The van der Waals surface area contributed by atoms with Crippen LogP contribution in [0.4, 0.5) is 23.1 Å². The molecule has 0 amide bonds. The Kier molecular flexibility index (Phi) is 6.53. The summed E-state index contributed by atoms with van der Waals surface area (Å²) < 4.78 is 0. The molecule has 0 bridgehead atoms. The number of fused-ring (bicyclic) bond motifs is 1. The highest BCUT2D eigenvalue weighted by molar-refractivity contribution is 6.33. The maximum atomic E-state index is 6.45. The fourth-order valence-corrected chi connectivity index (χ4v) is 5.48. The third-order valence-electron chi connectivity index (χ3n) is 7.21. The van der Waals surface area contributed by atoms with Gasteiger partial charge in [0.2, 0.25) is 5.95 Å². The van der Waals surface area contributed by atoms with Gasteiger partial charge in [-0.15, -0.1) is 0 Å². The SMILES string of the molecule is Clc1cnc(Nc2ccc3c(c2)CCC(N2CCCC2)CC3)nc1Nc1ccccc1-c1ncn[nH]1. The number of nitrogens with one attached hydrogen (secondary N) is 3. The normalized spacial score (nSPS) is 18.0. The molecule has 1 atom stereocenters. The molecule has 1 unspecified atom stereocenters. The summed E-state index contributed by atoms with van der Waals surface area (Å²) in [5.74, 6) is 1.67. The van der Waals surface area contributed by atoms with Crippen LogP contribution in [-0.4, -0.2) is 49.2 Å². The molecule has 2 aromatic heterocycles. The van der Waals surface area contributed by atoms with Crippen LogP contribution < -0.4 is 10.6 Å². The van der Waals surface area contributed by atoms with E-state index in [-0.39, 0.29) is 0 Å². The lowest BCUT2D eigenvalue weighted by Gasteiger charge is -2.25. The van der Waals surface area contributed by atoms with E-state index in [4.69, 9.17) is 11.6 Å². The molecule has 2 aliphatic rings. The largest absolute Gasteiger partial charge is 0.338 e. The molecule has 6 rings (SSSR count). The summed E-state index contributed by atoms with van der Waals surface area (Å²) in [4.78, 5) is 16.0. The number of aromatic amines is 1. The Morgan fingerprint density at radius 2 is 1.78 bits per heavy atom. The lowest BCUT2D eigenvalue weighted by Crippen LogP contribution is -2.32. The average Bonchev–Trinajstić information content (AvgIpc) is 3.59. The molecule has 4 aromatic rings. The van der Waals surface area contributed by atoms with E-state index >= 15 is 0 Å². The van der Waals surface area contributed by atoms with Gasteiger partial charge in [0.15, 0.2) is 11.6 Å². The smallest absolute Gasteiger partial charge is 0.229 e. The van der Waals surface area contributed by atoms with Gasteiger partial charge in [0.05, 0.1) is 11.9 Å². The number of nitrogens with zero attached hydrogens (tertiary/aromatic N) is 5. The van der Waals surface area contributed by atoms with Crippen LogP contribution in [0.15, 0.2) is 55.0 Å². The first-order valence-corrected chi connectivity index (χ1v) is 13.0. The van der Waals surface area contributed by atoms with E-state index in [1.807, 2.05) is 24.3 Å². The summed E-state index contributed by atoms with van der Waals surface area (Å²) in [5, 5.41) is 14.0. The molecule has 1 aliphatic carbocycles. The van der Waals surface area contributed by atoms with Crippen LogP contribution in [-0.2, 0) is 12.8 Å². The minimum absolute atomic E-state index is 0.433. The number of likely N-dealkylation sites (tertiary alicyclic amines) is 1. The van der Waals surface area contributed by atoms with Crippen molar-refractivity contribution in [3.63, 3.8) is 0 Å². The molecule has 3 heterocycles. The van der Waals surface area contributed by atoms with E-state index in [9.17, 15) is 0 Å². The maximum Gasteiger partial charge on any atom is 0.229 e. The standard InChI is InChI=1S/C27H29ClN8/c28-23-16-29-27(34-26(23)33-24-6-2-1-5-22(24)25-30-17-31-35-25)32-20-10-7-18-8-11-21(12-9-19(18)15-20)36-13-3-4-14-36/h1-2,5-7,10,15-17,21H,3-4,8-9,11-14H2,(H,30,31,35)(H2,29,32,33,34). The van der Waals surface area contributed by atoms with Crippen LogP contribution >= 0.6 is 11.6 Å². The van der Waals surface area contributed by atoms with Crippen molar-refractivity contribution in [2.45, 2.75) is 44.6 Å². The van der Waals surface area contributed by atoms with Gasteiger partial charge in [-0.25, -0.2) is 9.97 Å². The zero-order valence-electron chi connectivity index (χ0n) is 20.0. The van der Waals surface area contributed by atoms with Gasteiger partial charge in [0, 0.05) is 17.3 Å². The van der Waals surface area contributed by atoms with Gasteiger partial charge in [-0.2, -0.15) is 10.1 Å². The van der Waals surface area contributed by atoms with Crippen molar-refractivity contribution in [3.05, 3.63) is 71.1 Å². The first kappa shape index (κ1) is 22.9. The van der Waals surface area contributed by atoms with Gasteiger partial charge in [0.1, 0.15) is 11.3 Å². The molecule has 1 aliphatic heterocycles. The van der Waals surface area contributed by atoms with E-state index in [2.05, 4.69) is 58.9 Å². The lowest BCUT2D eigenvalue weighted by molar-refractivity contribution is 0.222. The van der Waals surface area contributed by atoms with Gasteiger partial charge in [-0.3, -0.25) is 5.10 Å². The molecule has 0 saturated carbocycles. The van der Waals surface area contributed by atoms with Crippen molar-refractivity contribution in [1.82, 2.24) is 30.0 Å². The maximum absolute atomic E-state index is 6.45. The molecular formula is C27H29ClN8. The molecule has 184 valence electrons. The second-order valence-electron chi connectivity index (χ2n) is 9.48. The van der Waals surface area contributed by atoms with Crippen molar-refractivity contribution >= 4 is 34.7 Å². The van der Waals surface area contributed by atoms with E-state index < -0.39 is 0 Å². The van der Waals surface area contributed by atoms with Crippen molar-refractivity contribution in [2.75, 3.05) is 23.7 Å². The number of para-hydroxylation sites is 1. The number of anilines is 4. The van der Waals surface area contributed by atoms with Crippen LogP contribution in [0, 0.1) is 0 Å². The van der Waals surface area contributed by atoms with Crippen LogP contribution in [0.5, 0.6) is 0 Å². The Morgan fingerprint density at radius 3 is 2.61 bits per heavy atom. The highest BCUT2D eigenvalue weighted by Crippen LogP contribution is 2.32. The molecule has 36 heavy (non-hydrogen) atoms. The first-order valence-electron chi connectivity index (χ1n) is 12.6. The molecule has 3 N–H and O–H groups in total. The molecule has 0 radical (unpaired) electrons. The van der Waals surface area contributed by atoms with Crippen LogP contribution in [0.25, 0.3) is 11.4 Å². The van der Waals surface area contributed by atoms with Crippen molar-refractivity contribution < 1.29 is 0 Å².